The highest BCUT2D eigenvalue weighted by Gasteiger charge is 2.21. The first-order valence-electron chi connectivity index (χ1n) is 18.5. The zero-order valence-electron chi connectivity index (χ0n) is 29.6. The molecule has 9 aromatic carbocycles. The van der Waals surface area contributed by atoms with Crippen LogP contribution in [0, 0.1) is 0 Å². The predicted octanol–water partition coefficient (Wildman–Crippen LogP) is 13.6. The van der Waals surface area contributed by atoms with Crippen LogP contribution >= 0.6 is 0 Å². The van der Waals surface area contributed by atoms with E-state index in [1.807, 2.05) is 36.4 Å². The Labute approximate surface area is 317 Å². The maximum atomic E-state index is 6.60. The van der Waals surface area contributed by atoms with Gasteiger partial charge in [0.25, 0.3) is 0 Å². The number of para-hydroxylation sites is 1. The quantitative estimate of drug-likeness (QED) is 0.168. The van der Waals surface area contributed by atoms with Crippen molar-refractivity contribution in [1.29, 1.82) is 0 Å². The van der Waals surface area contributed by atoms with Crippen LogP contribution in [0.2, 0.25) is 0 Å². The number of nitrogens with zero attached hydrogens (tertiary/aromatic N) is 3. The highest BCUT2D eigenvalue weighted by molar-refractivity contribution is 6.18. The minimum atomic E-state index is 0.587. The van der Waals surface area contributed by atoms with E-state index in [0.717, 1.165) is 66.3 Å². The highest BCUT2D eigenvalue weighted by Crippen LogP contribution is 2.42. The van der Waals surface area contributed by atoms with Crippen LogP contribution in [0.4, 0.5) is 0 Å². The molecule has 11 rings (SSSR count). The highest BCUT2D eigenvalue weighted by atomic mass is 16.3. The largest absolute Gasteiger partial charge is 0.456 e. The molecule has 11 aromatic rings. The van der Waals surface area contributed by atoms with Crippen LogP contribution in [0.3, 0.4) is 0 Å². The Morgan fingerprint density at radius 2 is 0.855 bits per heavy atom. The van der Waals surface area contributed by atoms with Crippen LogP contribution in [0.5, 0.6) is 0 Å². The second-order valence-electron chi connectivity index (χ2n) is 14.0. The van der Waals surface area contributed by atoms with Gasteiger partial charge in [0, 0.05) is 27.5 Å². The lowest BCUT2D eigenvalue weighted by molar-refractivity contribution is 0.669. The van der Waals surface area contributed by atoms with Gasteiger partial charge in [-0.25, -0.2) is 15.0 Å². The lowest BCUT2D eigenvalue weighted by Crippen LogP contribution is -2.01. The van der Waals surface area contributed by atoms with E-state index in [4.69, 9.17) is 19.4 Å². The van der Waals surface area contributed by atoms with Gasteiger partial charge in [0.15, 0.2) is 17.5 Å². The number of rotatable bonds is 5. The van der Waals surface area contributed by atoms with E-state index in [-0.39, 0.29) is 0 Å². The van der Waals surface area contributed by atoms with Crippen molar-refractivity contribution in [2.24, 2.45) is 0 Å². The Morgan fingerprint density at radius 1 is 0.291 bits per heavy atom. The number of furan rings is 1. The number of fused-ring (bicyclic) bond motifs is 8. The van der Waals surface area contributed by atoms with Gasteiger partial charge in [0.2, 0.25) is 0 Å². The fraction of sp³-hybridized carbons (Fsp3) is 0. The van der Waals surface area contributed by atoms with Crippen molar-refractivity contribution in [2.45, 2.75) is 0 Å². The Bertz CT molecular complexity index is 3260. The molecule has 0 aliphatic heterocycles. The van der Waals surface area contributed by atoms with Crippen LogP contribution in [-0.2, 0) is 0 Å². The van der Waals surface area contributed by atoms with E-state index in [1.165, 1.54) is 26.9 Å². The molecule has 2 aromatic heterocycles. The van der Waals surface area contributed by atoms with E-state index < -0.39 is 0 Å². The zero-order valence-corrected chi connectivity index (χ0v) is 29.6. The SMILES string of the molecule is c1ccc(-c2nc(-c3ccc4ccc5c6ccccc6ccc5c4c3)nc(-c3cc(-c4ccccc4-c4ccccc4)cc4oc5ccccc5c34)n2)cc1. The van der Waals surface area contributed by atoms with Gasteiger partial charge in [-0.05, 0) is 78.8 Å². The van der Waals surface area contributed by atoms with Gasteiger partial charge < -0.3 is 4.42 Å². The molecular weight excluding hydrogens is 671 g/mol. The van der Waals surface area contributed by atoms with Gasteiger partial charge in [-0.3, -0.25) is 0 Å². The Morgan fingerprint density at radius 3 is 1.64 bits per heavy atom. The summed E-state index contributed by atoms with van der Waals surface area (Å²) in [7, 11) is 0. The fourth-order valence-corrected chi connectivity index (χ4v) is 8.09. The molecule has 0 N–H and O–H groups in total. The first-order valence-corrected chi connectivity index (χ1v) is 18.5. The van der Waals surface area contributed by atoms with Crippen LogP contribution < -0.4 is 0 Å². The molecule has 0 unspecified atom stereocenters. The van der Waals surface area contributed by atoms with Crippen LogP contribution in [-0.4, -0.2) is 15.0 Å². The molecule has 256 valence electrons. The van der Waals surface area contributed by atoms with E-state index in [0.29, 0.717) is 17.5 Å². The second-order valence-corrected chi connectivity index (χ2v) is 14.0. The van der Waals surface area contributed by atoms with Gasteiger partial charge in [-0.2, -0.15) is 0 Å². The topological polar surface area (TPSA) is 51.8 Å². The summed E-state index contributed by atoms with van der Waals surface area (Å²) in [6.45, 7) is 0. The minimum Gasteiger partial charge on any atom is -0.456 e. The number of hydrogen-bond acceptors (Lipinski definition) is 4. The van der Waals surface area contributed by atoms with Crippen molar-refractivity contribution in [3.05, 3.63) is 188 Å². The van der Waals surface area contributed by atoms with E-state index in [1.54, 1.807) is 0 Å². The van der Waals surface area contributed by atoms with E-state index in [9.17, 15) is 0 Å². The van der Waals surface area contributed by atoms with Crippen molar-refractivity contribution in [3.63, 3.8) is 0 Å². The average molecular weight is 702 g/mol. The summed E-state index contributed by atoms with van der Waals surface area (Å²) in [6.07, 6.45) is 0. The summed E-state index contributed by atoms with van der Waals surface area (Å²) in [5, 5.41) is 9.22. The molecule has 0 radical (unpaired) electrons. The van der Waals surface area contributed by atoms with Crippen LogP contribution in [0.25, 0.3) is 111 Å². The summed E-state index contributed by atoms with van der Waals surface area (Å²) in [6, 6.07) is 65.7. The molecular formula is C51H31N3O. The molecule has 0 saturated heterocycles. The Hall–Kier alpha value is -7.43. The molecule has 2 heterocycles. The van der Waals surface area contributed by atoms with E-state index in [2.05, 4.69) is 152 Å². The lowest BCUT2D eigenvalue weighted by Gasteiger charge is -2.14. The van der Waals surface area contributed by atoms with Crippen LogP contribution in [0.1, 0.15) is 0 Å². The first kappa shape index (κ1) is 31.1. The maximum absolute atomic E-state index is 6.60. The van der Waals surface area contributed by atoms with Crippen LogP contribution in [0.15, 0.2) is 192 Å². The van der Waals surface area contributed by atoms with Gasteiger partial charge in [0.05, 0.1) is 0 Å². The van der Waals surface area contributed by atoms with Crippen molar-refractivity contribution in [1.82, 2.24) is 15.0 Å². The Balaban J connectivity index is 1.18. The van der Waals surface area contributed by atoms with Crippen molar-refractivity contribution < 1.29 is 4.42 Å². The molecule has 0 fully saturated rings. The molecule has 0 bridgehead atoms. The van der Waals surface area contributed by atoms with Crippen molar-refractivity contribution >= 4 is 54.3 Å². The molecule has 4 heteroatoms. The molecule has 4 nitrogen and oxygen atoms in total. The summed E-state index contributed by atoms with van der Waals surface area (Å²) >= 11 is 0. The second kappa shape index (κ2) is 12.6. The molecule has 0 aliphatic carbocycles. The fourth-order valence-electron chi connectivity index (χ4n) is 8.09. The Kier molecular flexibility index (Phi) is 7.14. The van der Waals surface area contributed by atoms with E-state index >= 15 is 0 Å². The molecule has 0 spiro atoms. The molecule has 0 saturated carbocycles. The van der Waals surface area contributed by atoms with Gasteiger partial charge in [-0.15, -0.1) is 0 Å². The summed E-state index contributed by atoms with van der Waals surface area (Å²) < 4.78 is 6.60. The zero-order chi connectivity index (χ0) is 36.3. The summed E-state index contributed by atoms with van der Waals surface area (Å²) in [4.78, 5) is 15.7. The summed E-state index contributed by atoms with van der Waals surface area (Å²) in [5.74, 6) is 1.81. The lowest BCUT2D eigenvalue weighted by atomic mass is 9.92. The third-order valence-corrected chi connectivity index (χ3v) is 10.7. The monoisotopic (exact) mass is 701 g/mol. The summed E-state index contributed by atoms with van der Waals surface area (Å²) in [5.41, 5.74) is 8.74. The standard InChI is InChI=1S/C51H31N3O/c1-3-13-32(14-4-1)38-18-9-10-20-40(38)37-30-45(48-43-21-11-12-22-46(43)55-47(48)31-37)51-53-49(35-16-5-2-6-17-35)52-50(54-51)36-24-23-34-26-27-41-39-19-8-7-15-33(39)25-28-42(41)44(34)29-36/h1-31H. The van der Waals surface area contributed by atoms with Crippen molar-refractivity contribution in [2.75, 3.05) is 0 Å². The molecule has 55 heavy (non-hydrogen) atoms. The number of hydrogen-bond donors (Lipinski definition) is 0. The third kappa shape index (κ3) is 5.26. The molecule has 0 aliphatic rings. The smallest absolute Gasteiger partial charge is 0.164 e. The minimum absolute atomic E-state index is 0.587. The number of aromatic nitrogens is 3. The normalized spacial score (nSPS) is 11.6. The van der Waals surface area contributed by atoms with Gasteiger partial charge in [-0.1, -0.05) is 164 Å². The molecule has 0 atom stereocenters. The third-order valence-electron chi connectivity index (χ3n) is 10.7. The van der Waals surface area contributed by atoms with Crippen molar-refractivity contribution in [3.8, 4) is 56.4 Å². The first-order chi connectivity index (χ1) is 27.2. The van der Waals surface area contributed by atoms with Gasteiger partial charge in [0.1, 0.15) is 11.2 Å². The predicted molar refractivity (Wildman–Crippen MR) is 227 cm³/mol. The number of benzene rings is 9. The maximum Gasteiger partial charge on any atom is 0.164 e. The van der Waals surface area contributed by atoms with Gasteiger partial charge >= 0.3 is 0 Å². The average Bonchev–Trinajstić information content (AvgIpc) is 3.65. The molecule has 0 amide bonds.